The van der Waals surface area contributed by atoms with Crippen molar-refractivity contribution in [3.05, 3.63) is 29.6 Å². The summed E-state index contributed by atoms with van der Waals surface area (Å²) >= 11 is 0. The van der Waals surface area contributed by atoms with Crippen molar-refractivity contribution in [2.24, 2.45) is 11.7 Å². The monoisotopic (exact) mass is 347 g/mol. The van der Waals surface area contributed by atoms with E-state index in [1.54, 1.807) is 6.07 Å². The lowest BCUT2D eigenvalue weighted by Crippen LogP contribution is -2.44. The normalized spacial score (nSPS) is 21.7. The lowest BCUT2D eigenvalue weighted by molar-refractivity contribution is 0.296. The van der Waals surface area contributed by atoms with Gasteiger partial charge in [0.2, 0.25) is 10.0 Å². The maximum atomic E-state index is 13.9. The molecule has 0 aromatic heterocycles. The Morgan fingerprint density at radius 2 is 2.05 bits per heavy atom. The molecule has 0 amide bonds. The zero-order valence-electron chi connectivity index (χ0n) is 12.0. The van der Waals surface area contributed by atoms with E-state index < -0.39 is 20.7 Å². The first kappa shape index (κ1) is 18.8. The second kappa shape index (κ2) is 7.88. The van der Waals surface area contributed by atoms with Crippen LogP contribution in [0, 0.1) is 23.1 Å². The molecule has 22 heavy (non-hydrogen) atoms. The molecule has 0 heterocycles. The van der Waals surface area contributed by atoms with Crippen molar-refractivity contribution >= 4 is 22.4 Å². The molecule has 0 spiro atoms. The van der Waals surface area contributed by atoms with Gasteiger partial charge in [0, 0.05) is 6.04 Å². The van der Waals surface area contributed by atoms with Crippen molar-refractivity contribution in [2.75, 3.05) is 6.54 Å². The fourth-order valence-electron chi connectivity index (χ4n) is 2.70. The molecule has 0 radical (unpaired) electrons. The third-order valence-corrected chi connectivity index (χ3v) is 5.39. The van der Waals surface area contributed by atoms with E-state index in [1.807, 2.05) is 0 Å². The van der Waals surface area contributed by atoms with Crippen molar-refractivity contribution in [3.63, 3.8) is 0 Å². The molecule has 3 N–H and O–H groups in total. The number of benzene rings is 1. The third kappa shape index (κ3) is 4.17. The van der Waals surface area contributed by atoms with E-state index in [-0.39, 0.29) is 29.9 Å². The van der Waals surface area contributed by atoms with Crippen molar-refractivity contribution in [1.82, 2.24) is 4.72 Å². The summed E-state index contributed by atoms with van der Waals surface area (Å²) in [4.78, 5) is -0.428. The Labute approximate surface area is 136 Å². The van der Waals surface area contributed by atoms with Crippen LogP contribution in [0.25, 0.3) is 0 Å². The second-order valence-electron chi connectivity index (χ2n) is 5.27. The van der Waals surface area contributed by atoms with E-state index in [0.717, 1.165) is 31.4 Å². The van der Waals surface area contributed by atoms with Crippen LogP contribution in [-0.2, 0) is 10.0 Å². The molecule has 2 rings (SSSR count). The second-order valence-corrected chi connectivity index (χ2v) is 6.95. The fraction of sp³-hybridized carbons (Fsp3) is 0.500. The van der Waals surface area contributed by atoms with E-state index in [1.165, 1.54) is 6.07 Å². The summed E-state index contributed by atoms with van der Waals surface area (Å²) < 4.78 is 41.0. The first-order chi connectivity index (χ1) is 9.97. The smallest absolute Gasteiger partial charge is 0.243 e. The third-order valence-electron chi connectivity index (χ3n) is 3.87. The van der Waals surface area contributed by atoms with Crippen molar-refractivity contribution in [3.8, 4) is 6.07 Å². The molecule has 1 aromatic rings. The zero-order chi connectivity index (χ0) is 15.5. The summed E-state index contributed by atoms with van der Waals surface area (Å²) in [7, 11) is -3.95. The molecular weight excluding hydrogens is 329 g/mol. The molecule has 1 aliphatic rings. The fourth-order valence-corrected chi connectivity index (χ4v) is 4.09. The number of hydrogen-bond donors (Lipinski definition) is 2. The lowest BCUT2D eigenvalue weighted by Gasteiger charge is -2.31. The maximum absolute atomic E-state index is 13.9. The van der Waals surface area contributed by atoms with Crippen LogP contribution in [0.4, 0.5) is 4.39 Å². The molecule has 1 aliphatic carbocycles. The molecule has 5 nitrogen and oxygen atoms in total. The number of sulfonamides is 1. The van der Waals surface area contributed by atoms with Gasteiger partial charge in [0.1, 0.15) is 10.7 Å². The minimum Gasteiger partial charge on any atom is -0.330 e. The molecule has 1 aromatic carbocycles. The number of nitrogens with one attached hydrogen (secondary N) is 1. The largest absolute Gasteiger partial charge is 0.330 e. The van der Waals surface area contributed by atoms with Gasteiger partial charge >= 0.3 is 0 Å². The van der Waals surface area contributed by atoms with Gasteiger partial charge in [0.25, 0.3) is 0 Å². The Bertz CT molecular complexity index is 661. The summed E-state index contributed by atoms with van der Waals surface area (Å²) in [6.45, 7) is 0.406. The number of hydrogen-bond acceptors (Lipinski definition) is 4. The van der Waals surface area contributed by atoms with E-state index in [0.29, 0.717) is 13.0 Å². The van der Waals surface area contributed by atoms with Crippen molar-refractivity contribution in [2.45, 2.75) is 36.6 Å². The highest BCUT2D eigenvalue weighted by Gasteiger charge is 2.29. The van der Waals surface area contributed by atoms with Gasteiger partial charge in [-0.3, -0.25) is 0 Å². The van der Waals surface area contributed by atoms with E-state index in [2.05, 4.69) is 4.72 Å². The van der Waals surface area contributed by atoms with Crippen LogP contribution >= 0.6 is 12.4 Å². The molecule has 8 heteroatoms. The lowest BCUT2D eigenvalue weighted by atomic mass is 9.85. The van der Waals surface area contributed by atoms with Gasteiger partial charge in [-0.25, -0.2) is 17.5 Å². The quantitative estimate of drug-likeness (QED) is 0.869. The van der Waals surface area contributed by atoms with Crippen LogP contribution in [0.2, 0.25) is 0 Å². The summed E-state index contributed by atoms with van der Waals surface area (Å²) in [5.41, 5.74) is 5.76. The molecular formula is C14H19ClFN3O2S. The van der Waals surface area contributed by atoms with Crippen LogP contribution in [0.5, 0.6) is 0 Å². The number of nitrogens with zero attached hydrogens (tertiary/aromatic N) is 1. The number of halogens is 2. The van der Waals surface area contributed by atoms with Crippen molar-refractivity contribution < 1.29 is 12.8 Å². The molecule has 0 bridgehead atoms. The molecule has 1 saturated carbocycles. The van der Waals surface area contributed by atoms with Gasteiger partial charge in [-0.1, -0.05) is 12.8 Å². The number of rotatable bonds is 4. The Balaban J connectivity index is 0.00000242. The summed E-state index contributed by atoms with van der Waals surface area (Å²) in [6.07, 6.45) is 3.55. The van der Waals surface area contributed by atoms with Crippen LogP contribution in [-0.4, -0.2) is 21.0 Å². The SMILES string of the molecule is Cl.N#Cc1ccc(S(=O)(=O)NC2CCCCC2CN)c(F)c1. The van der Waals surface area contributed by atoms with Gasteiger partial charge in [-0.2, -0.15) is 5.26 Å². The minimum atomic E-state index is -3.95. The Morgan fingerprint density at radius 3 is 2.64 bits per heavy atom. The van der Waals surface area contributed by atoms with Crippen LogP contribution < -0.4 is 10.5 Å². The maximum Gasteiger partial charge on any atom is 0.243 e. The van der Waals surface area contributed by atoms with Gasteiger partial charge in [-0.15, -0.1) is 12.4 Å². The van der Waals surface area contributed by atoms with Gasteiger partial charge < -0.3 is 5.73 Å². The highest BCUT2D eigenvalue weighted by atomic mass is 35.5. The molecule has 2 unspecified atom stereocenters. The Kier molecular flexibility index (Phi) is 6.75. The highest BCUT2D eigenvalue weighted by Crippen LogP contribution is 2.25. The minimum absolute atomic E-state index is 0. The Morgan fingerprint density at radius 1 is 1.36 bits per heavy atom. The van der Waals surface area contributed by atoms with Gasteiger partial charge in [0.05, 0.1) is 11.6 Å². The van der Waals surface area contributed by atoms with Gasteiger partial charge in [-0.05, 0) is 43.5 Å². The number of nitrogens with two attached hydrogens (primary N) is 1. The molecule has 0 aliphatic heterocycles. The first-order valence-corrected chi connectivity index (χ1v) is 8.38. The Hall–Kier alpha value is -1.20. The summed E-state index contributed by atoms with van der Waals surface area (Å²) in [5.74, 6) is -0.836. The van der Waals surface area contributed by atoms with Crippen LogP contribution in [0.3, 0.4) is 0 Å². The average Bonchev–Trinajstić information content (AvgIpc) is 2.47. The van der Waals surface area contributed by atoms with E-state index >= 15 is 0 Å². The highest BCUT2D eigenvalue weighted by molar-refractivity contribution is 7.89. The molecule has 2 atom stereocenters. The predicted molar refractivity (Wildman–Crippen MR) is 83.5 cm³/mol. The molecule has 0 saturated heterocycles. The first-order valence-electron chi connectivity index (χ1n) is 6.90. The summed E-state index contributed by atoms with van der Waals surface area (Å²) in [6, 6.07) is 4.85. The topological polar surface area (TPSA) is 96.0 Å². The van der Waals surface area contributed by atoms with Crippen molar-refractivity contribution in [1.29, 1.82) is 5.26 Å². The zero-order valence-corrected chi connectivity index (χ0v) is 13.6. The predicted octanol–water partition coefficient (Wildman–Crippen LogP) is 1.91. The summed E-state index contributed by atoms with van der Waals surface area (Å²) in [5, 5.41) is 8.69. The van der Waals surface area contributed by atoms with E-state index in [9.17, 15) is 12.8 Å². The van der Waals surface area contributed by atoms with Gasteiger partial charge in [0.15, 0.2) is 0 Å². The van der Waals surface area contributed by atoms with E-state index in [4.69, 9.17) is 11.0 Å². The van der Waals surface area contributed by atoms with Crippen LogP contribution in [0.15, 0.2) is 23.1 Å². The standard InChI is InChI=1S/C14H18FN3O2S.ClH/c15-12-7-10(8-16)5-6-14(12)21(19,20)18-13-4-2-1-3-11(13)9-17;/h5-7,11,13,18H,1-4,9,17H2;1H. The van der Waals surface area contributed by atoms with Crippen LogP contribution in [0.1, 0.15) is 31.2 Å². The average molecular weight is 348 g/mol. The molecule has 1 fully saturated rings. The molecule has 122 valence electrons. The number of nitriles is 1.